The molecule has 0 atom stereocenters. The van der Waals surface area contributed by atoms with Crippen molar-refractivity contribution in [3.05, 3.63) is 58.7 Å². The molecule has 0 bridgehead atoms. The summed E-state index contributed by atoms with van der Waals surface area (Å²) in [5.41, 5.74) is 6.13. The third-order valence-corrected chi connectivity index (χ3v) is 4.61. The van der Waals surface area contributed by atoms with Gasteiger partial charge in [0.1, 0.15) is 0 Å². The monoisotopic (exact) mass is 297 g/mol. The maximum atomic E-state index is 4.62. The molecular formula is C17H19N3S. The van der Waals surface area contributed by atoms with Gasteiger partial charge in [0.2, 0.25) is 0 Å². The number of nitrogens with one attached hydrogen (secondary N) is 1. The van der Waals surface area contributed by atoms with Gasteiger partial charge in [0.25, 0.3) is 0 Å². The number of hydrogen-bond acceptors (Lipinski definition) is 3. The lowest BCUT2D eigenvalue weighted by Gasteiger charge is -2.09. The molecule has 0 unspecified atom stereocenters. The fourth-order valence-electron chi connectivity index (χ4n) is 2.58. The molecule has 0 amide bonds. The van der Waals surface area contributed by atoms with Gasteiger partial charge in [0, 0.05) is 35.9 Å². The fraction of sp³-hybridized carbons (Fsp3) is 0.235. The Morgan fingerprint density at radius 3 is 2.62 bits per heavy atom. The summed E-state index contributed by atoms with van der Waals surface area (Å²) in [6.45, 7) is 5.23. The lowest BCUT2D eigenvalue weighted by atomic mass is 10.2. The Hall–Kier alpha value is -2.07. The number of benzene rings is 1. The minimum absolute atomic E-state index is 0.904. The van der Waals surface area contributed by atoms with E-state index in [0.29, 0.717) is 0 Å². The first-order valence-corrected chi connectivity index (χ1v) is 7.91. The molecule has 2 heterocycles. The van der Waals surface area contributed by atoms with Crippen molar-refractivity contribution < 1.29 is 0 Å². The van der Waals surface area contributed by atoms with Gasteiger partial charge in [-0.3, -0.25) is 0 Å². The van der Waals surface area contributed by atoms with Crippen LogP contribution in [0.15, 0.2) is 41.8 Å². The quantitative estimate of drug-likeness (QED) is 0.777. The molecule has 0 spiro atoms. The first kappa shape index (κ1) is 13.9. The first-order valence-electron chi connectivity index (χ1n) is 7.03. The normalized spacial score (nSPS) is 10.8. The number of aryl methyl sites for hydroxylation is 1. The Bertz CT molecular complexity index is 741. The number of anilines is 1. The third-order valence-electron chi connectivity index (χ3n) is 3.75. The molecule has 2 aromatic heterocycles. The molecule has 3 nitrogen and oxygen atoms in total. The van der Waals surface area contributed by atoms with Gasteiger partial charge in [-0.2, -0.15) is 0 Å². The average Bonchev–Trinajstić information content (AvgIpc) is 3.08. The van der Waals surface area contributed by atoms with Crippen LogP contribution in [0.25, 0.3) is 11.3 Å². The number of nitrogens with zero attached hydrogens (tertiary/aromatic N) is 2. The summed E-state index contributed by atoms with van der Waals surface area (Å²) in [6.07, 6.45) is 0. The van der Waals surface area contributed by atoms with Crippen molar-refractivity contribution in [1.82, 2.24) is 9.55 Å². The van der Waals surface area contributed by atoms with Gasteiger partial charge in [0.15, 0.2) is 5.13 Å². The molecular weight excluding hydrogens is 278 g/mol. The highest BCUT2D eigenvalue weighted by Crippen LogP contribution is 2.30. The molecule has 3 aromatic rings. The van der Waals surface area contributed by atoms with Crippen molar-refractivity contribution in [2.24, 2.45) is 0 Å². The second-order valence-electron chi connectivity index (χ2n) is 5.14. The predicted molar refractivity (Wildman–Crippen MR) is 90.1 cm³/mol. The van der Waals surface area contributed by atoms with Gasteiger partial charge in [-0.25, -0.2) is 4.98 Å². The molecule has 0 saturated heterocycles. The second-order valence-corrected chi connectivity index (χ2v) is 6.00. The summed E-state index contributed by atoms with van der Waals surface area (Å²) in [7, 11) is 1.90. The van der Waals surface area contributed by atoms with Crippen LogP contribution < -0.4 is 5.32 Å². The lowest BCUT2D eigenvalue weighted by Crippen LogP contribution is -2.03. The Labute approximate surface area is 129 Å². The van der Waals surface area contributed by atoms with E-state index in [1.54, 1.807) is 11.3 Å². The van der Waals surface area contributed by atoms with Gasteiger partial charge < -0.3 is 9.88 Å². The minimum Gasteiger partial charge on any atom is -0.365 e. The fourth-order valence-corrected chi connectivity index (χ4v) is 3.25. The maximum absolute atomic E-state index is 4.62. The summed E-state index contributed by atoms with van der Waals surface area (Å²) in [4.78, 5) is 4.62. The summed E-state index contributed by atoms with van der Waals surface area (Å²) in [6, 6.07) is 12.8. The Kier molecular flexibility index (Phi) is 3.80. The van der Waals surface area contributed by atoms with E-state index in [-0.39, 0.29) is 0 Å². The zero-order chi connectivity index (χ0) is 14.8. The zero-order valence-electron chi connectivity index (χ0n) is 12.6. The molecule has 0 fully saturated rings. The van der Waals surface area contributed by atoms with E-state index in [1.165, 1.54) is 22.5 Å². The van der Waals surface area contributed by atoms with E-state index < -0.39 is 0 Å². The van der Waals surface area contributed by atoms with Crippen LogP contribution in [0, 0.1) is 13.8 Å². The third kappa shape index (κ3) is 2.72. The molecule has 4 heteroatoms. The van der Waals surface area contributed by atoms with Gasteiger partial charge in [0.05, 0.1) is 5.69 Å². The van der Waals surface area contributed by atoms with Crippen LogP contribution in [-0.4, -0.2) is 16.6 Å². The highest BCUT2D eigenvalue weighted by molar-refractivity contribution is 7.14. The van der Waals surface area contributed by atoms with Crippen molar-refractivity contribution in [3.8, 4) is 11.3 Å². The Morgan fingerprint density at radius 1 is 1.19 bits per heavy atom. The van der Waals surface area contributed by atoms with Crippen molar-refractivity contribution in [2.75, 3.05) is 12.4 Å². The summed E-state index contributed by atoms with van der Waals surface area (Å²) in [5.74, 6) is 0. The molecule has 21 heavy (non-hydrogen) atoms. The zero-order valence-corrected chi connectivity index (χ0v) is 13.4. The highest BCUT2D eigenvalue weighted by atomic mass is 32.1. The highest BCUT2D eigenvalue weighted by Gasteiger charge is 2.13. The largest absolute Gasteiger partial charge is 0.365 e. The van der Waals surface area contributed by atoms with Crippen molar-refractivity contribution in [3.63, 3.8) is 0 Å². The molecule has 0 aliphatic rings. The van der Waals surface area contributed by atoms with Crippen LogP contribution in [0.4, 0.5) is 5.13 Å². The molecule has 108 valence electrons. The average molecular weight is 297 g/mol. The van der Waals surface area contributed by atoms with E-state index in [1.807, 2.05) is 7.05 Å². The van der Waals surface area contributed by atoms with E-state index in [9.17, 15) is 0 Å². The van der Waals surface area contributed by atoms with Gasteiger partial charge >= 0.3 is 0 Å². The van der Waals surface area contributed by atoms with Crippen LogP contribution in [-0.2, 0) is 6.54 Å². The number of aromatic nitrogens is 2. The van der Waals surface area contributed by atoms with E-state index in [0.717, 1.165) is 17.4 Å². The number of thiazole rings is 1. The van der Waals surface area contributed by atoms with Crippen LogP contribution in [0.5, 0.6) is 0 Å². The van der Waals surface area contributed by atoms with Crippen LogP contribution in [0.2, 0.25) is 0 Å². The van der Waals surface area contributed by atoms with Crippen LogP contribution in [0.3, 0.4) is 0 Å². The molecule has 0 radical (unpaired) electrons. The van der Waals surface area contributed by atoms with Gasteiger partial charge in [-0.1, -0.05) is 30.3 Å². The Morgan fingerprint density at radius 2 is 1.95 bits per heavy atom. The lowest BCUT2D eigenvalue weighted by molar-refractivity contribution is 0.750. The number of rotatable bonds is 4. The molecule has 0 aliphatic heterocycles. The topological polar surface area (TPSA) is 29.9 Å². The van der Waals surface area contributed by atoms with Crippen LogP contribution in [0.1, 0.15) is 17.0 Å². The minimum atomic E-state index is 0.904. The predicted octanol–water partition coefficient (Wildman–Crippen LogP) is 4.32. The van der Waals surface area contributed by atoms with Crippen molar-refractivity contribution in [2.45, 2.75) is 20.4 Å². The van der Waals surface area contributed by atoms with E-state index in [4.69, 9.17) is 0 Å². The van der Waals surface area contributed by atoms with Gasteiger partial charge in [-0.15, -0.1) is 11.3 Å². The molecule has 1 aromatic carbocycles. The van der Waals surface area contributed by atoms with Gasteiger partial charge in [-0.05, 0) is 25.5 Å². The summed E-state index contributed by atoms with van der Waals surface area (Å²) >= 11 is 1.64. The second kappa shape index (κ2) is 5.74. The molecule has 0 saturated carbocycles. The smallest absolute Gasteiger partial charge is 0.182 e. The van der Waals surface area contributed by atoms with Crippen molar-refractivity contribution >= 4 is 16.5 Å². The van der Waals surface area contributed by atoms with Crippen molar-refractivity contribution in [1.29, 1.82) is 0 Å². The van der Waals surface area contributed by atoms with Crippen LogP contribution >= 0.6 is 11.3 Å². The molecule has 0 aliphatic carbocycles. The van der Waals surface area contributed by atoms with E-state index in [2.05, 4.69) is 70.5 Å². The number of hydrogen-bond donors (Lipinski definition) is 1. The summed E-state index contributed by atoms with van der Waals surface area (Å²) in [5, 5.41) is 6.17. The molecule has 3 rings (SSSR count). The molecule has 1 N–H and O–H groups in total. The summed E-state index contributed by atoms with van der Waals surface area (Å²) < 4.78 is 2.35. The first-order chi connectivity index (χ1) is 10.2. The maximum Gasteiger partial charge on any atom is 0.182 e. The van der Waals surface area contributed by atoms with E-state index >= 15 is 0 Å². The standard InChI is InChI=1S/C17H19N3S/c1-12-9-15(16-11-21-17(18-3)19-16)13(2)20(12)10-14-7-5-4-6-8-14/h4-9,11H,10H2,1-3H3,(H,18,19). The Balaban J connectivity index is 1.96. The SMILES string of the molecule is CNc1nc(-c2cc(C)n(Cc3ccccc3)c2C)cs1.